The number of carboxylic acids is 1. The maximum atomic E-state index is 12.0. The predicted octanol–water partition coefficient (Wildman–Crippen LogP) is 2.13. The Morgan fingerprint density at radius 2 is 1.90 bits per heavy atom. The van der Waals surface area contributed by atoms with Crippen LogP contribution in [0.1, 0.15) is 26.2 Å². The number of benzene rings is 1. The van der Waals surface area contributed by atoms with Crippen molar-refractivity contribution in [1.29, 1.82) is 0 Å². The zero-order chi connectivity index (χ0) is 15.7. The molecule has 2 N–H and O–H groups in total. The van der Waals surface area contributed by atoms with Gasteiger partial charge in [-0.15, -0.1) is 0 Å². The lowest BCUT2D eigenvalue weighted by molar-refractivity contribution is -0.137. The Labute approximate surface area is 126 Å². The molecule has 0 heterocycles. The molecule has 0 aliphatic rings. The number of hydrogen-bond acceptors (Lipinski definition) is 3. The number of anilines is 1. The molecular formula is C16H24N2O3. The number of aliphatic carboxylic acids is 1. The van der Waals surface area contributed by atoms with Crippen LogP contribution in [0.3, 0.4) is 0 Å². The van der Waals surface area contributed by atoms with Gasteiger partial charge in [-0.05, 0) is 37.4 Å². The van der Waals surface area contributed by atoms with Gasteiger partial charge < -0.3 is 15.3 Å². The van der Waals surface area contributed by atoms with Gasteiger partial charge in [0.25, 0.3) is 0 Å². The number of carbonyl (C=O) groups excluding carboxylic acids is 1. The van der Waals surface area contributed by atoms with Crippen LogP contribution in [0.15, 0.2) is 30.3 Å². The number of para-hydroxylation sites is 1. The van der Waals surface area contributed by atoms with Crippen molar-refractivity contribution in [3.8, 4) is 0 Å². The van der Waals surface area contributed by atoms with Gasteiger partial charge in [0.05, 0.1) is 6.54 Å². The number of nitrogens with one attached hydrogen (secondary N) is 1. The van der Waals surface area contributed by atoms with Crippen LogP contribution in [-0.4, -0.2) is 37.1 Å². The van der Waals surface area contributed by atoms with Gasteiger partial charge in [-0.2, -0.15) is 0 Å². The molecule has 5 nitrogen and oxygen atoms in total. The Bertz CT molecular complexity index is 448. The van der Waals surface area contributed by atoms with E-state index in [0.29, 0.717) is 12.3 Å². The molecular weight excluding hydrogens is 268 g/mol. The molecule has 5 heteroatoms. The second kappa shape index (κ2) is 9.13. The van der Waals surface area contributed by atoms with Crippen molar-refractivity contribution in [2.45, 2.75) is 26.2 Å². The van der Waals surface area contributed by atoms with Crippen molar-refractivity contribution in [2.24, 2.45) is 5.92 Å². The van der Waals surface area contributed by atoms with E-state index in [1.807, 2.05) is 37.3 Å². The molecule has 0 aromatic heterocycles. The van der Waals surface area contributed by atoms with Crippen molar-refractivity contribution >= 4 is 17.6 Å². The van der Waals surface area contributed by atoms with E-state index < -0.39 is 5.97 Å². The molecule has 116 valence electrons. The van der Waals surface area contributed by atoms with Gasteiger partial charge in [-0.3, -0.25) is 9.59 Å². The minimum absolute atomic E-state index is 0.0133. The summed E-state index contributed by atoms with van der Waals surface area (Å²) in [6.07, 6.45) is 1.75. The second-order valence-corrected chi connectivity index (χ2v) is 5.29. The van der Waals surface area contributed by atoms with Crippen LogP contribution in [0, 0.1) is 5.92 Å². The zero-order valence-electron chi connectivity index (χ0n) is 12.7. The van der Waals surface area contributed by atoms with E-state index in [1.54, 1.807) is 11.9 Å². The average molecular weight is 292 g/mol. The summed E-state index contributed by atoms with van der Waals surface area (Å²) in [5, 5.41) is 11.7. The predicted molar refractivity (Wildman–Crippen MR) is 83.4 cm³/mol. The molecule has 0 saturated carbocycles. The van der Waals surface area contributed by atoms with Gasteiger partial charge >= 0.3 is 5.97 Å². The first kappa shape index (κ1) is 17.2. The number of nitrogens with zero attached hydrogens (tertiary/aromatic N) is 1. The lowest BCUT2D eigenvalue weighted by atomic mass is 10.0. The molecule has 0 fully saturated rings. The highest BCUT2D eigenvalue weighted by molar-refractivity contribution is 5.94. The Morgan fingerprint density at radius 1 is 1.24 bits per heavy atom. The second-order valence-electron chi connectivity index (χ2n) is 5.29. The van der Waals surface area contributed by atoms with Crippen LogP contribution >= 0.6 is 0 Å². The SMILES string of the molecule is CC(CCNCC(=O)N(C)c1ccccc1)CCC(=O)O. The van der Waals surface area contributed by atoms with Gasteiger partial charge in [0.2, 0.25) is 5.91 Å². The number of rotatable bonds is 9. The van der Waals surface area contributed by atoms with E-state index in [4.69, 9.17) is 5.11 Å². The van der Waals surface area contributed by atoms with Gasteiger partial charge in [0.1, 0.15) is 0 Å². The number of carbonyl (C=O) groups is 2. The molecule has 0 spiro atoms. The van der Waals surface area contributed by atoms with E-state index in [9.17, 15) is 9.59 Å². The van der Waals surface area contributed by atoms with Crippen molar-refractivity contribution in [3.63, 3.8) is 0 Å². The summed E-state index contributed by atoms with van der Waals surface area (Å²) < 4.78 is 0. The molecule has 1 aromatic carbocycles. The number of carboxylic acid groups (broad SMARTS) is 1. The Balaban J connectivity index is 2.20. The summed E-state index contributed by atoms with van der Waals surface area (Å²) in [7, 11) is 1.76. The maximum Gasteiger partial charge on any atom is 0.303 e. The topological polar surface area (TPSA) is 69.6 Å². The molecule has 0 saturated heterocycles. The normalized spacial score (nSPS) is 11.9. The summed E-state index contributed by atoms with van der Waals surface area (Å²) in [4.78, 5) is 24.1. The van der Waals surface area contributed by atoms with E-state index in [1.165, 1.54) is 0 Å². The minimum atomic E-state index is -0.755. The fraction of sp³-hybridized carbons (Fsp3) is 0.500. The third kappa shape index (κ3) is 6.90. The first-order valence-corrected chi connectivity index (χ1v) is 7.25. The van der Waals surface area contributed by atoms with E-state index >= 15 is 0 Å². The third-order valence-electron chi connectivity index (χ3n) is 3.46. The molecule has 0 radical (unpaired) electrons. The van der Waals surface area contributed by atoms with Crippen LogP contribution in [0.25, 0.3) is 0 Å². The van der Waals surface area contributed by atoms with Gasteiger partial charge in [-0.1, -0.05) is 25.1 Å². The fourth-order valence-electron chi connectivity index (χ4n) is 1.97. The molecule has 1 rings (SSSR count). The maximum absolute atomic E-state index is 12.0. The first-order chi connectivity index (χ1) is 10.0. The summed E-state index contributed by atoms with van der Waals surface area (Å²) in [5.41, 5.74) is 0.874. The molecule has 1 aromatic rings. The standard InChI is InChI=1S/C16H24N2O3/c1-13(8-9-16(20)21)10-11-17-12-15(19)18(2)14-6-4-3-5-7-14/h3-7,13,17H,8-12H2,1-2H3,(H,20,21). The fourth-order valence-corrected chi connectivity index (χ4v) is 1.97. The summed E-state index contributed by atoms with van der Waals surface area (Å²) >= 11 is 0. The number of likely N-dealkylation sites (N-methyl/N-ethyl adjacent to an activating group) is 1. The van der Waals surface area contributed by atoms with Crippen molar-refractivity contribution in [1.82, 2.24) is 5.32 Å². The summed E-state index contributed by atoms with van der Waals surface area (Å²) in [6.45, 7) is 3.04. The lowest BCUT2D eigenvalue weighted by Gasteiger charge is -2.18. The Hall–Kier alpha value is -1.88. The van der Waals surface area contributed by atoms with Gasteiger partial charge in [-0.25, -0.2) is 0 Å². The van der Waals surface area contributed by atoms with E-state index in [2.05, 4.69) is 5.32 Å². The molecule has 1 unspecified atom stereocenters. The van der Waals surface area contributed by atoms with Crippen LogP contribution in [0.2, 0.25) is 0 Å². The van der Waals surface area contributed by atoms with Crippen LogP contribution in [-0.2, 0) is 9.59 Å². The highest BCUT2D eigenvalue weighted by atomic mass is 16.4. The summed E-state index contributed by atoms with van der Waals surface area (Å²) in [6, 6.07) is 9.50. The molecule has 21 heavy (non-hydrogen) atoms. The molecule has 1 atom stereocenters. The Morgan fingerprint density at radius 3 is 2.52 bits per heavy atom. The third-order valence-corrected chi connectivity index (χ3v) is 3.46. The van der Waals surface area contributed by atoms with Crippen LogP contribution < -0.4 is 10.2 Å². The average Bonchev–Trinajstić information content (AvgIpc) is 2.49. The van der Waals surface area contributed by atoms with E-state index in [0.717, 1.165) is 18.7 Å². The van der Waals surface area contributed by atoms with Gasteiger partial charge in [0.15, 0.2) is 0 Å². The monoisotopic (exact) mass is 292 g/mol. The zero-order valence-corrected chi connectivity index (χ0v) is 12.7. The minimum Gasteiger partial charge on any atom is -0.481 e. The molecule has 0 aliphatic carbocycles. The highest BCUT2D eigenvalue weighted by Crippen LogP contribution is 2.11. The quantitative estimate of drug-likeness (QED) is 0.684. The lowest BCUT2D eigenvalue weighted by Crippen LogP contribution is -2.36. The van der Waals surface area contributed by atoms with Crippen molar-refractivity contribution < 1.29 is 14.7 Å². The molecule has 0 aliphatic heterocycles. The first-order valence-electron chi connectivity index (χ1n) is 7.25. The largest absolute Gasteiger partial charge is 0.481 e. The van der Waals surface area contributed by atoms with E-state index in [-0.39, 0.29) is 18.9 Å². The van der Waals surface area contributed by atoms with Crippen LogP contribution in [0.5, 0.6) is 0 Å². The number of hydrogen-bond donors (Lipinski definition) is 2. The van der Waals surface area contributed by atoms with Gasteiger partial charge in [0, 0.05) is 19.2 Å². The smallest absolute Gasteiger partial charge is 0.303 e. The summed E-state index contributed by atoms with van der Waals surface area (Å²) in [5.74, 6) is -0.399. The number of amides is 1. The van der Waals surface area contributed by atoms with Crippen molar-refractivity contribution in [2.75, 3.05) is 25.0 Å². The van der Waals surface area contributed by atoms with Crippen LogP contribution in [0.4, 0.5) is 5.69 Å². The Kier molecular flexibility index (Phi) is 7.46. The molecule has 0 bridgehead atoms. The highest BCUT2D eigenvalue weighted by Gasteiger charge is 2.10. The van der Waals surface area contributed by atoms with Crippen molar-refractivity contribution in [3.05, 3.63) is 30.3 Å². The molecule has 1 amide bonds.